The van der Waals surface area contributed by atoms with Gasteiger partial charge in [-0.05, 0) is 17.8 Å². The van der Waals surface area contributed by atoms with Gasteiger partial charge in [-0.3, -0.25) is 0 Å². The van der Waals surface area contributed by atoms with E-state index in [2.05, 4.69) is 25.9 Å². The molecule has 0 radical (unpaired) electrons. The highest BCUT2D eigenvalue weighted by atomic mass is 16.4. The molecule has 0 aliphatic heterocycles. The average molecular weight is 157 g/mol. The van der Waals surface area contributed by atoms with E-state index in [9.17, 15) is 0 Å². The van der Waals surface area contributed by atoms with Gasteiger partial charge < -0.3 is 5.21 Å². The van der Waals surface area contributed by atoms with E-state index >= 15 is 0 Å². The molecule has 0 aromatic rings. The van der Waals surface area contributed by atoms with E-state index in [1.54, 1.807) is 0 Å². The second kappa shape index (κ2) is 3.74. The van der Waals surface area contributed by atoms with Crippen molar-refractivity contribution >= 4 is 5.71 Å². The van der Waals surface area contributed by atoms with E-state index in [0.717, 1.165) is 12.1 Å². The fourth-order valence-corrected chi connectivity index (χ4v) is 0.898. The Bertz CT molecular complexity index is 142. The lowest BCUT2D eigenvalue weighted by Gasteiger charge is -2.20. The molecule has 0 bridgehead atoms. The molecule has 0 unspecified atom stereocenters. The van der Waals surface area contributed by atoms with Crippen molar-refractivity contribution in [2.24, 2.45) is 16.5 Å². The minimum absolute atomic E-state index is 0.214. The summed E-state index contributed by atoms with van der Waals surface area (Å²) in [4.78, 5) is 0. The molecule has 66 valence electrons. The van der Waals surface area contributed by atoms with Gasteiger partial charge in [-0.15, -0.1) is 0 Å². The van der Waals surface area contributed by atoms with E-state index < -0.39 is 0 Å². The molecule has 0 saturated carbocycles. The van der Waals surface area contributed by atoms with Gasteiger partial charge in [0.05, 0.1) is 5.71 Å². The van der Waals surface area contributed by atoms with E-state index in [1.165, 1.54) is 0 Å². The summed E-state index contributed by atoms with van der Waals surface area (Å²) in [5.74, 6) is 0.347. The van der Waals surface area contributed by atoms with Crippen LogP contribution in [-0.4, -0.2) is 10.9 Å². The Morgan fingerprint density at radius 3 is 1.91 bits per heavy atom. The second-order valence-corrected chi connectivity index (χ2v) is 4.48. The first-order chi connectivity index (χ1) is 4.87. The molecular formula is C9H19NO. The molecule has 0 aliphatic rings. The first-order valence-corrected chi connectivity index (χ1v) is 4.07. The van der Waals surface area contributed by atoms with Gasteiger partial charge in [-0.1, -0.05) is 39.8 Å². The molecule has 0 amide bonds. The molecule has 0 spiro atoms. The Labute approximate surface area is 69.3 Å². The summed E-state index contributed by atoms with van der Waals surface area (Å²) in [6, 6.07) is 0. The van der Waals surface area contributed by atoms with Gasteiger partial charge in [-0.25, -0.2) is 0 Å². The lowest BCUT2D eigenvalue weighted by atomic mass is 9.86. The third-order valence-corrected chi connectivity index (χ3v) is 1.51. The van der Waals surface area contributed by atoms with Gasteiger partial charge in [0.1, 0.15) is 0 Å². The van der Waals surface area contributed by atoms with Crippen LogP contribution in [0.3, 0.4) is 0 Å². The standard InChI is InChI=1S/C9H19NO/c1-7(2)8(10-11)6-9(3,4)5/h7,11H,6H2,1-5H3/b10-8-. The first-order valence-electron chi connectivity index (χ1n) is 4.07. The summed E-state index contributed by atoms with van der Waals surface area (Å²) >= 11 is 0. The number of hydrogen-bond acceptors (Lipinski definition) is 2. The molecule has 0 saturated heterocycles. The average Bonchev–Trinajstić information content (AvgIpc) is 1.80. The van der Waals surface area contributed by atoms with Crippen molar-refractivity contribution < 1.29 is 5.21 Å². The van der Waals surface area contributed by atoms with Crippen LogP contribution in [-0.2, 0) is 0 Å². The SMILES string of the molecule is CC(C)/C(CC(C)(C)C)=N\O. The van der Waals surface area contributed by atoms with Crippen LogP contribution in [0, 0.1) is 11.3 Å². The number of rotatable bonds is 2. The summed E-state index contributed by atoms with van der Waals surface area (Å²) in [6.07, 6.45) is 0.862. The van der Waals surface area contributed by atoms with Crippen LogP contribution in [0.4, 0.5) is 0 Å². The van der Waals surface area contributed by atoms with Crippen LogP contribution >= 0.6 is 0 Å². The third kappa shape index (κ3) is 4.82. The predicted molar refractivity (Wildman–Crippen MR) is 48.1 cm³/mol. The Morgan fingerprint density at radius 2 is 1.82 bits per heavy atom. The minimum Gasteiger partial charge on any atom is -0.411 e. The van der Waals surface area contributed by atoms with E-state index in [0.29, 0.717) is 5.92 Å². The molecule has 11 heavy (non-hydrogen) atoms. The number of oxime groups is 1. The molecule has 2 nitrogen and oxygen atoms in total. The van der Waals surface area contributed by atoms with Crippen LogP contribution in [0.5, 0.6) is 0 Å². The molecule has 1 N–H and O–H groups in total. The highest BCUT2D eigenvalue weighted by Gasteiger charge is 2.16. The summed E-state index contributed by atoms with van der Waals surface area (Å²) in [7, 11) is 0. The van der Waals surface area contributed by atoms with E-state index in [-0.39, 0.29) is 5.41 Å². The van der Waals surface area contributed by atoms with E-state index in [4.69, 9.17) is 5.21 Å². The lowest BCUT2D eigenvalue weighted by Crippen LogP contribution is -2.17. The molecule has 0 aliphatic carbocycles. The van der Waals surface area contributed by atoms with Gasteiger partial charge in [0, 0.05) is 0 Å². The monoisotopic (exact) mass is 157 g/mol. The van der Waals surface area contributed by atoms with Crippen molar-refractivity contribution in [3.63, 3.8) is 0 Å². The first kappa shape index (κ1) is 10.5. The van der Waals surface area contributed by atoms with Crippen LogP contribution < -0.4 is 0 Å². The smallest absolute Gasteiger partial charge is 0.0601 e. The van der Waals surface area contributed by atoms with Crippen molar-refractivity contribution in [1.29, 1.82) is 0 Å². The predicted octanol–water partition coefficient (Wildman–Crippen LogP) is 2.91. The lowest BCUT2D eigenvalue weighted by molar-refractivity contribution is 0.308. The maximum atomic E-state index is 8.65. The van der Waals surface area contributed by atoms with E-state index in [1.807, 2.05) is 13.8 Å². The second-order valence-electron chi connectivity index (χ2n) is 4.48. The Hall–Kier alpha value is -0.530. The zero-order chi connectivity index (χ0) is 9.07. The van der Waals surface area contributed by atoms with Gasteiger partial charge >= 0.3 is 0 Å². The third-order valence-electron chi connectivity index (χ3n) is 1.51. The fourth-order valence-electron chi connectivity index (χ4n) is 0.898. The van der Waals surface area contributed by atoms with Crippen LogP contribution in [0.25, 0.3) is 0 Å². The van der Waals surface area contributed by atoms with Gasteiger partial charge in [-0.2, -0.15) is 0 Å². The normalized spacial score (nSPS) is 14.2. The van der Waals surface area contributed by atoms with Crippen LogP contribution in [0.1, 0.15) is 41.0 Å². The maximum Gasteiger partial charge on any atom is 0.0601 e. The van der Waals surface area contributed by atoms with Crippen molar-refractivity contribution in [2.45, 2.75) is 41.0 Å². The molecule has 0 aromatic carbocycles. The molecule has 0 atom stereocenters. The summed E-state index contributed by atoms with van der Waals surface area (Å²) in [5, 5.41) is 11.9. The molecule has 0 rings (SSSR count). The minimum atomic E-state index is 0.214. The molecule has 0 fully saturated rings. The quantitative estimate of drug-likeness (QED) is 0.373. The number of nitrogens with zero attached hydrogens (tertiary/aromatic N) is 1. The zero-order valence-electron chi connectivity index (χ0n) is 8.18. The Kier molecular flexibility index (Phi) is 3.56. The van der Waals surface area contributed by atoms with Gasteiger partial charge in [0.25, 0.3) is 0 Å². The molecule has 0 heterocycles. The zero-order valence-corrected chi connectivity index (χ0v) is 8.18. The fraction of sp³-hybridized carbons (Fsp3) is 0.889. The van der Waals surface area contributed by atoms with Crippen molar-refractivity contribution in [2.75, 3.05) is 0 Å². The highest BCUT2D eigenvalue weighted by molar-refractivity contribution is 5.86. The molecule has 2 heteroatoms. The maximum absolute atomic E-state index is 8.65. The molecular weight excluding hydrogens is 138 g/mol. The highest BCUT2D eigenvalue weighted by Crippen LogP contribution is 2.21. The summed E-state index contributed by atoms with van der Waals surface area (Å²) < 4.78 is 0. The summed E-state index contributed by atoms with van der Waals surface area (Å²) in [5.41, 5.74) is 1.10. The van der Waals surface area contributed by atoms with Crippen molar-refractivity contribution in [1.82, 2.24) is 0 Å². The summed E-state index contributed by atoms with van der Waals surface area (Å²) in [6.45, 7) is 10.5. The number of hydrogen-bond donors (Lipinski definition) is 1. The molecule has 0 aromatic heterocycles. The van der Waals surface area contributed by atoms with Crippen LogP contribution in [0.2, 0.25) is 0 Å². The van der Waals surface area contributed by atoms with Crippen molar-refractivity contribution in [3.8, 4) is 0 Å². The van der Waals surface area contributed by atoms with Crippen molar-refractivity contribution in [3.05, 3.63) is 0 Å². The van der Waals surface area contributed by atoms with Gasteiger partial charge in [0.2, 0.25) is 0 Å². The topological polar surface area (TPSA) is 32.6 Å². The Balaban J connectivity index is 4.12. The Morgan fingerprint density at radius 1 is 1.36 bits per heavy atom. The largest absolute Gasteiger partial charge is 0.411 e. The van der Waals surface area contributed by atoms with Crippen LogP contribution in [0.15, 0.2) is 5.16 Å². The van der Waals surface area contributed by atoms with Gasteiger partial charge in [0.15, 0.2) is 0 Å².